The molecule has 200 valence electrons. The molecule has 2 aromatic carbocycles. The van der Waals surface area contributed by atoms with Gasteiger partial charge in [0.05, 0.1) is 18.8 Å². The van der Waals surface area contributed by atoms with E-state index in [1.807, 2.05) is 6.07 Å². The van der Waals surface area contributed by atoms with Crippen LogP contribution in [0.5, 0.6) is 0 Å². The molecule has 0 radical (unpaired) electrons. The number of hydrogen-bond donors (Lipinski definition) is 2. The molecule has 1 aliphatic heterocycles. The lowest BCUT2D eigenvalue weighted by Crippen LogP contribution is -2.54. The number of methoxy groups -OCH3 is 1. The number of carbonyl (C=O) groups is 3. The zero-order chi connectivity index (χ0) is 27.6. The monoisotopic (exact) mass is 527 g/mol. The summed E-state index contributed by atoms with van der Waals surface area (Å²) in [7, 11) is 1.46. The number of carbonyl (C=O) groups excluding carboxylic acids is 3. The second-order valence-electron chi connectivity index (χ2n) is 9.00. The van der Waals surface area contributed by atoms with Crippen LogP contribution >= 0.6 is 0 Å². The molecule has 3 rings (SSSR count). The number of hydrogen-bond acceptors (Lipinski definition) is 4. The lowest BCUT2D eigenvalue weighted by Gasteiger charge is -2.30. The highest BCUT2D eigenvalue weighted by Gasteiger charge is 2.57. The molecule has 0 fully saturated rings. The zero-order valence-electron chi connectivity index (χ0n) is 20.3. The molecule has 0 aromatic heterocycles. The quantitative estimate of drug-likeness (QED) is 0.404. The van der Waals surface area contributed by atoms with Crippen molar-refractivity contribution in [3.05, 3.63) is 54.1 Å². The molecule has 12 heteroatoms. The second-order valence-corrected chi connectivity index (χ2v) is 9.00. The lowest BCUT2D eigenvalue weighted by atomic mass is 9.89. The number of halogens is 5. The maximum absolute atomic E-state index is 13.7. The van der Waals surface area contributed by atoms with Crippen LogP contribution in [0.4, 0.5) is 27.6 Å². The fourth-order valence-electron chi connectivity index (χ4n) is 3.82. The Hall–Kier alpha value is -3.54. The van der Waals surface area contributed by atoms with Gasteiger partial charge in [-0.05, 0) is 31.0 Å². The van der Waals surface area contributed by atoms with Crippen molar-refractivity contribution in [1.82, 2.24) is 10.6 Å². The first-order chi connectivity index (χ1) is 17.2. The largest absolute Gasteiger partial charge is 0.455 e. The molecule has 0 unspecified atom stereocenters. The Kier molecular flexibility index (Phi) is 7.91. The fraction of sp³-hybridized carbons (Fsp3) is 0.400. The van der Waals surface area contributed by atoms with Gasteiger partial charge in [0.15, 0.2) is 0 Å². The molecule has 0 aliphatic carbocycles. The van der Waals surface area contributed by atoms with Crippen LogP contribution in [0, 0.1) is 5.41 Å². The third kappa shape index (κ3) is 5.58. The van der Waals surface area contributed by atoms with Crippen LogP contribution in [0.15, 0.2) is 48.5 Å². The number of para-hydroxylation sites is 1. The summed E-state index contributed by atoms with van der Waals surface area (Å²) in [5, 5.41) is 4.01. The first-order valence-corrected chi connectivity index (χ1v) is 11.2. The van der Waals surface area contributed by atoms with Crippen molar-refractivity contribution < 1.29 is 41.1 Å². The number of alkyl halides is 5. The SMILES string of the molecule is COCCN1C(=O)[C@@H](NC(=O)C(C)(C)C(=O)NCC(F)(F)C(F)(F)F)c2ccccc2-c2ccccc21. The fourth-order valence-corrected chi connectivity index (χ4v) is 3.82. The van der Waals surface area contributed by atoms with E-state index in [1.165, 1.54) is 17.3 Å². The Morgan fingerprint density at radius 1 is 0.946 bits per heavy atom. The summed E-state index contributed by atoms with van der Waals surface area (Å²) in [4.78, 5) is 40.8. The van der Waals surface area contributed by atoms with E-state index in [-0.39, 0.29) is 13.2 Å². The standard InChI is InChI=1S/C25H26F5N3O4/c1-23(2,21(35)31-14-24(26,27)25(28,29)30)22(36)32-19-17-10-5-4-8-15(17)16-9-6-7-11-18(16)33(20(19)34)12-13-37-3/h4-11,19H,12-14H2,1-3H3,(H,31,35)(H,32,36)/t19-/m0/s1. The van der Waals surface area contributed by atoms with Crippen molar-refractivity contribution in [2.24, 2.45) is 5.41 Å². The van der Waals surface area contributed by atoms with Crippen LogP contribution in [0.3, 0.4) is 0 Å². The molecule has 0 spiro atoms. The average Bonchev–Trinajstić information content (AvgIpc) is 2.94. The van der Waals surface area contributed by atoms with Crippen LogP contribution in [0.25, 0.3) is 11.1 Å². The van der Waals surface area contributed by atoms with Crippen LogP contribution in [0.2, 0.25) is 0 Å². The molecular weight excluding hydrogens is 501 g/mol. The first kappa shape index (κ1) is 28.0. The maximum Gasteiger partial charge on any atom is 0.455 e. The molecule has 37 heavy (non-hydrogen) atoms. The molecule has 1 atom stereocenters. The van der Waals surface area contributed by atoms with Gasteiger partial charge in [0, 0.05) is 19.2 Å². The Morgan fingerprint density at radius 2 is 1.54 bits per heavy atom. The molecule has 0 saturated heterocycles. The van der Waals surface area contributed by atoms with Gasteiger partial charge in [-0.1, -0.05) is 42.5 Å². The van der Waals surface area contributed by atoms with Gasteiger partial charge in [0.25, 0.3) is 5.91 Å². The van der Waals surface area contributed by atoms with Crippen molar-refractivity contribution in [1.29, 1.82) is 0 Å². The molecule has 1 heterocycles. The number of nitrogens with zero attached hydrogens (tertiary/aromatic N) is 1. The van der Waals surface area contributed by atoms with Gasteiger partial charge in [0.2, 0.25) is 11.8 Å². The highest BCUT2D eigenvalue weighted by Crippen LogP contribution is 2.40. The highest BCUT2D eigenvalue weighted by molar-refractivity contribution is 6.09. The minimum atomic E-state index is -5.87. The molecule has 2 N–H and O–H groups in total. The van der Waals surface area contributed by atoms with Crippen molar-refractivity contribution in [3.63, 3.8) is 0 Å². The zero-order valence-corrected chi connectivity index (χ0v) is 20.3. The van der Waals surface area contributed by atoms with Crippen LogP contribution < -0.4 is 15.5 Å². The lowest BCUT2D eigenvalue weighted by molar-refractivity contribution is -0.278. The summed E-state index contributed by atoms with van der Waals surface area (Å²) < 4.78 is 69.1. The van der Waals surface area contributed by atoms with Gasteiger partial charge < -0.3 is 20.3 Å². The predicted octanol–water partition coefficient (Wildman–Crippen LogP) is 3.84. The molecule has 7 nitrogen and oxygen atoms in total. The third-order valence-electron chi connectivity index (χ3n) is 6.09. The van der Waals surface area contributed by atoms with E-state index in [1.54, 1.807) is 42.5 Å². The Balaban J connectivity index is 1.93. The summed E-state index contributed by atoms with van der Waals surface area (Å²) in [6.07, 6.45) is -5.87. The predicted molar refractivity (Wildman–Crippen MR) is 125 cm³/mol. The number of fused-ring (bicyclic) bond motifs is 3. The van der Waals surface area contributed by atoms with E-state index in [4.69, 9.17) is 4.74 Å². The molecule has 3 amide bonds. The number of rotatable bonds is 8. The van der Waals surface area contributed by atoms with Gasteiger partial charge in [-0.25, -0.2) is 0 Å². The van der Waals surface area contributed by atoms with Gasteiger partial charge in [-0.3, -0.25) is 14.4 Å². The van der Waals surface area contributed by atoms with E-state index in [2.05, 4.69) is 5.32 Å². The van der Waals surface area contributed by atoms with Crippen LogP contribution in [-0.4, -0.2) is 56.6 Å². The number of amides is 3. The molecule has 1 aliphatic rings. The first-order valence-electron chi connectivity index (χ1n) is 11.2. The number of ether oxygens (including phenoxy) is 1. The van der Waals surface area contributed by atoms with Gasteiger partial charge in [-0.15, -0.1) is 0 Å². The maximum atomic E-state index is 13.7. The third-order valence-corrected chi connectivity index (χ3v) is 6.09. The van der Waals surface area contributed by atoms with Crippen molar-refractivity contribution in [3.8, 4) is 11.1 Å². The van der Waals surface area contributed by atoms with E-state index in [0.29, 0.717) is 22.4 Å². The number of nitrogens with one attached hydrogen (secondary N) is 2. The summed E-state index contributed by atoms with van der Waals surface area (Å²) in [6.45, 7) is 0.417. The van der Waals surface area contributed by atoms with Crippen molar-refractivity contribution >= 4 is 23.4 Å². The van der Waals surface area contributed by atoms with E-state index < -0.39 is 47.8 Å². The average molecular weight is 527 g/mol. The molecular formula is C25H26F5N3O4. The molecule has 2 aromatic rings. The molecule has 0 saturated carbocycles. The Bertz CT molecular complexity index is 1180. The van der Waals surface area contributed by atoms with E-state index in [0.717, 1.165) is 13.8 Å². The summed E-state index contributed by atoms with van der Waals surface area (Å²) in [5.41, 5.74) is 0.260. The summed E-state index contributed by atoms with van der Waals surface area (Å²) in [6, 6.07) is 12.6. The summed E-state index contributed by atoms with van der Waals surface area (Å²) in [5.74, 6) is -8.12. The topological polar surface area (TPSA) is 87.7 Å². The van der Waals surface area contributed by atoms with Gasteiger partial charge in [-0.2, -0.15) is 22.0 Å². The number of anilines is 1. The Morgan fingerprint density at radius 3 is 2.16 bits per heavy atom. The minimum absolute atomic E-state index is 0.142. The van der Waals surface area contributed by atoms with E-state index in [9.17, 15) is 36.3 Å². The minimum Gasteiger partial charge on any atom is -0.383 e. The van der Waals surface area contributed by atoms with Gasteiger partial charge >= 0.3 is 12.1 Å². The highest BCUT2D eigenvalue weighted by atomic mass is 19.4. The second kappa shape index (κ2) is 10.4. The molecule has 0 bridgehead atoms. The van der Waals surface area contributed by atoms with E-state index >= 15 is 0 Å². The number of benzene rings is 2. The van der Waals surface area contributed by atoms with Crippen LogP contribution in [0.1, 0.15) is 25.5 Å². The summed E-state index contributed by atoms with van der Waals surface area (Å²) >= 11 is 0. The van der Waals surface area contributed by atoms with Gasteiger partial charge in [0.1, 0.15) is 11.5 Å². The normalized spacial score (nSPS) is 15.9. The Labute approximate surface area is 210 Å². The van der Waals surface area contributed by atoms with Crippen molar-refractivity contribution in [2.45, 2.75) is 32.0 Å². The smallest absolute Gasteiger partial charge is 0.383 e. The van der Waals surface area contributed by atoms with Crippen molar-refractivity contribution in [2.75, 3.05) is 31.7 Å². The van der Waals surface area contributed by atoms with Crippen LogP contribution in [-0.2, 0) is 19.1 Å².